The van der Waals surface area contributed by atoms with E-state index in [-0.39, 0.29) is 29.9 Å². The first-order valence-electron chi connectivity index (χ1n) is 7.74. The molecule has 2 aromatic heterocycles. The number of halogens is 4. The van der Waals surface area contributed by atoms with Crippen molar-refractivity contribution in [2.75, 3.05) is 20.7 Å². The number of alkyl halides is 3. The second kappa shape index (κ2) is 10.6. The van der Waals surface area contributed by atoms with Crippen LogP contribution in [0.1, 0.15) is 16.3 Å². The first kappa shape index (κ1) is 23.4. The van der Waals surface area contributed by atoms with E-state index in [9.17, 15) is 13.2 Å². The number of rotatable bonds is 6. The van der Waals surface area contributed by atoms with Gasteiger partial charge in [0, 0.05) is 38.3 Å². The van der Waals surface area contributed by atoms with E-state index in [0.717, 1.165) is 16.3 Å². The minimum atomic E-state index is -4.38. The molecule has 2 rings (SSSR count). The van der Waals surface area contributed by atoms with Gasteiger partial charge in [-0.25, -0.2) is 9.97 Å². The van der Waals surface area contributed by atoms with Crippen LogP contribution in [0.25, 0.3) is 0 Å². The van der Waals surface area contributed by atoms with E-state index in [1.54, 1.807) is 24.5 Å². The standard InChI is InChI=1S/C16H20F3N5OS.HI/c1-11-23-13(9-26-11)8-24(3)15(20-2)22-7-12-4-5-14(21-6-12)25-10-16(17,18)19;/h4-6,9H,7-8,10H2,1-3H3,(H,20,22);1H. The number of hydrogen-bond acceptors (Lipinski definition) is 5. The molecule has 2 heterocycles. The Kier molecular flexibility index (Phi) is 9.22. The molecule has 0 bridgehead atoms. The number of thiazole rings is 1. The van der Waals surface area contributed by atoms with Crippen molar-refractivity contribution in [3.05, 3.63) is 40.0 Å². The second-order valence-electron chi connectivity index (χ2n) is 5.52. The maximum Gasteiger partial charge on any atom is 0.422 e. The Balaban J connectivity index is 0.00000364. The highest BCUT2D eigenvalue weighted by Gasteiger charge is 2.28. The van der Waals surface area contributed by atoms with Crippen molar-refractivity contribution >= 4 is 41.3 Å². The summed E-state index contributed by atoms with van der Waals surface area (Å²) in [5, 5.41) is 6.19. The molecule has 0 radical (unpaired) electrons. The molecule has 11 heteroatoms. The minimum Gasteiger partial charge on any atom is -0.468 e. The highest BCUT2D eigenvalue weighted by molar-refractivity contribution is 14.0. The molecule has 0 aliphatic carbocycles. The van der Waals surface area contributed by atoms with Crippen LogP contribution in [0.15, 0.2) is 28.7 Å². The molecule has 0 aliphatic rings. The number of aryl methyl sites for hydroxylation is 1. The molecule has 0 unspecified atom stereocenters. The number of pyridine rings is 1. The molecule has 0 aliphatic heterocycles. The minimum absolute atomic E-state index is 0. The summed E-state index contributed by atoms with van der Waals surface area (Å²) in [4.78, 5) is 14.4. The van der Waals surface area contributed by atoms with Gasteiger partial charge in [0.05, 0.1) is 17.2 Å². The Morgan fingerprint density at radius 1 is 1.37 bits per heavy atom. The summed E-state index contributed by atoms with van der Waals surface area (Å²) in [5.74, 6) is 0.611. The van der Waals surface area contributed by atoms with Crippen molar-refractivity contribution < 1.29 is 17.9 Å². The molecule has 2 aromatic rings. The number of aliphatic imine (C=N–C) groups is 1. The van der Waals surface area contributed by atoms with Crippen LogP contribution in [0.3, 0.4) is 0 Å². The van der Waals surface area contributed by atoms with Gasteiger partial charge < -0.3 is 15.0 Å². The number of hydrogen-bond donors (Lipinski definition) is 1. The van der Waals surface area contributed by atoms with E-state index < -0.39 is 12.8 Å². The summed E-state index contributed by atoms with van der Waals surface area (Å²) in [7, 11) is 3.58. The zero-order valence-electron chi connectivity index (χ0n) is 15.1. The van der Waals surface area contributed by atoms with E-state index in [4.69, 9.17) is 0 Å². The van der Waals surface area contributed by atoms with Gasteiger partial charge in [0.1, 0.15) is 0 Å². The molecule has 0 fully saturated rings. The fourth-order valence-electron chi connectivity index (χ4n) is 2.12. The third-order valence-corrected chi connectivity index (χ3v) is 4.09. The maximum atomic E-state index is 12.1. The van der Waals surface area contributed by atoms with Gasteiger partial charge in [0.25, 0.3) is 0 Å². The van der Waals surface area contributed by atoms with Crippen molar-refractivity contribution in [3.63, 3.8) is 0 Å². The number of nitrogens with one attached hydrogen (secondary N) is 1. The molecular weight excluding hydrogens is 494 g/mol. The predicted octanol–water partition coefficient (Wildman–Crippen LogP) is 3.61. The van der Waals surface area contributed by atoms with Gasteiger partial charge in [-0.15, -0.1) is 35.3 Å². The lowest BCUT2D eigenvalue weighted by molar-refractivity contribution is -0.154. The van der Waals surface area contributed by atoms with Crippen molar-refractivity contribution in [2.24, 2.45) is 4.99 Å². The second-order valence-corrected chi connectivity index (χ2v) is 6.59. The lowest BCUT2D eigenvalue weighted by Crippen LogP contribution is -2.38. The first-order chi connectivity index (χ1) is 12.3. The predicted molar refractivity (Wildman–Crippen MR) is 110 cm³/mol. The molecule has 0 amide bonds. The average Bonchev–Trinajstić information content (AvgIpc) is 2.98. The SMILES string of the molecule is CN=C(NCc1ccc(OCC(F)(F)F)nc1)N(C)Cc1csc(C)n1.I. The fourth-order valence-corrected chi connectivity index (χ4v) is 2.73. The normalized spacial score (nSPS) is 11.7. The highest BCUT2D eigenvalue weighted by atomic mass is 127. The van der Waals surface area contributed by atoms with Gasteiger partial charge in [0.2, 0.25) is 5.88 Å². The van der Waals surface area contributed by atoms with Gasteiger partial charge in [-0.05, 0) is 12.5 Å². The molecule has 6 nitrogen and oxygen atoms in total. The summed E-state index contributed by atoms with van der Waals surface area (Å²) in [6, 6.07) is 3.07. The topological polar surface area (TPSA) is 62.6 Å². The molecule has 0 saturated heterocycles. The smallest absolute Gasteiger partial charge is 0.422 e. The number of aromatic nitrogens is 2. The van der Waals surface area contributed by atoms with Crippen molar-refractivity contribution in [3.8, 4) is 5.88 Å². The Morgan fingerprint density at radius 3 is 2.63 bits per heavy atom. The summed E-state index contributed by atoms with van der Waals surface area (Å²) in [5.41, 5.74) is 1.76. The van der Waals surface area contributed by atoms with Gasteiger partial charge in [-0.3, -0.25) is 4.99 Å². The van der Waals surface area contributed by atoms with Gasteiger partial charge in [0.15, 0.2) is 12.6 Å². The Hall–Kier alpha value is -1.63. The zero-order chi connectivity index (χ0) is 19.2. The molecule has 0 atom stereocenters. The van der Waals surface area contributed by atoms with E-state index in [2.05, 4.69) is 25.0 Å². The van der Waals surface area contributed by atoms with Crippen LogP contribution < -0.4 is 10.1 Å². The zero-order valence-corrected chi connectivity index (χ0v) is 18.2. The Bertz CT molecular complexity index is 736. The van der Waals surface area contributed by atoms with Crippen LogP contribution in [-0.2, 0) is 13.1 Å². The van der Waals surface area contributed by atoms with E-state index in [1.807, 2.05) is 24.3 Å². The maximum absolute atomic E-state index is 12.1. The molecule has 27 heavy (non-hydrogen) atoms. The van der Waals surface area contributed by atoms with Gasteiger partial charge >= 0.3 is 6.18 Å². The highest BCUT2D eigenvalue weighted by Crippen LogP contribution is 2.17. The van der Waals surface area contributed by atoms with Crippen LogP contribution in [-0.4, -0.2) is 47.7 Å². The van der Waals surface area contributed by atoms with E-state index >= 15 is 0 Å². The molecule has 150 valence electrons. The molecule has 1 N–H and O–H groups in total. The summed E-state index contributed by atoms with van der Waals surface area (Å²) in [6.07, 6.45) is -2.91. The van der Waals surface area contributed by atoms with Crippen LogP contribution in [0, 0.1) is 6.92 Å². The monoisotopic (exact) mass is 515 g/mol. The van der Waals surface area contributed by atoms with Crippen LogP contribution in [0.4, 0.5) is 13.2 Å². The van der Waals surface area contributed by atoms with Crippen LogP contribution >= 0.6 is 35.3 Å². The fraction of sp³-hybridized carbons (Fsp3) is 0.438. The third-order valence-electron chi connectivity index (χ3n) is 3.27. The Labute approximate surface area is 176 Å². The quantitative estimate of drug-likeness (QED) is 0.362. The van der Waals surface area contributed by atoms with Crippen molar-refractivity contribution in [2.45, 2.75) is 26.2 Å². The number of ether oxygens (including phenoxy) is 1. The van der Waals surface area contributed by atoms with Crippen molar-refractivity contribution in [1.82, 2.24) is 20.2 Å². The summed E-state index contributed by atoms with van der Waals surface area (Å²) >= 11 is 1.59. The van der Waals surface area contributed by atoms with E-state index in [0.29, 0.717) is 19.0 Å². The van der Waals surface area contributed by atoms with Gasteiger partial charge in [-0.2, -0.15) is 13.2 Å². The largest absolute Gasteiger partial charge is 0.468 e. The third kappa shape index (κ3) is 8.28. The van der Waals surface area contributed by atoms with Crippen LogP contribution in [0.5, 0.6) is 5.88 Å². The number of guanidine groups is 1. The Morgan fingerprint density at radius 2 is 2.11 bits per heavy atom. The lowest BCUT2D eigenvalue weighted by atomic mass is 10.3. The number of nitrogens with zero attached hydrogens (tertiary/aromatic N) is 4. The average molecular weight is 515 g/mol. The molecule has 0 saturated carbocycles. The summed E-state index contributed by atoms with van der Waals surface area (Å²) < 4.78 is 40.9. The lowest BCUT2D eigenvalue weighted by Gasteiger charge is -2.21. The summed E-state index contributed by atoms with van der Waals surface area (Å²) in [6.45, 7) is 1.65. The first-order valence-corrected chi connectivity index (χ1v) is 8.62. The molecular formula is C16H21F3IN5OS. The molecule has 0 aromatic carbocycles. The van der Waals surface area contributed by atoms with E-state index in [1.165, 1.54) is 12.3 Å². The van der Waals surface area contributed by atoms with Gasteiger partial charge in [-0.1, -0.05) is 6.07 Å². The van der Waals surface area contributed by atoms with Crippen molar-refractivity contribution in [1.29, 1.82) is 0 Å². The van der Waals surface area contributed by atoms with Crippen LogP contribution in [0.2, 0.25) is 0 Å². The molecule has 0 spiro atoms.